The van der Waals surface area contributed by atoms with E-state index in [0.29, 0.717) is 27.3 Å². The van der Waals surface area contributed by atoms with E-state index in [1.54, 1.807) is 28.8 Å². The van der Waals surface area contributed by atoms with Crippen LogP contribution in [0.15, 0.2) is 47.5 Å². The van der Waals surface area contributed by atoms with Crippen LogP contribution in [0.5, 0.6) is 0 Å². The van der Waals surface area contributed by atoms with Crippen LogP contribution in [0.1, 0.15) is 27.6 Å². The third-order valence-corrected chi connectivity index (χ3v) is 4.48. The lowest BCUT2D eigenvalue weighted by atomic mass is 10.0. The number of carbonyl (C=O) groups is 1. The largest absolute Gasteiger partial charge is 0.363 e. The van der Waals surface area contributed by atoms with E-state index in [1.165, 1.54) is 0 Å². The lowest BCUT2D eigenvalue weighted by Gasteiger charge is -2.13. The van der Waals surface area contributed by atoms with Crippen LogP contribution in [0.3, 0.4) is 0 Å². The zero-order valence-corrected chi connectivity index (χ0v) is 14.3. The van der Waals surface area contributed by atoms with E-state index in [-0.39, 0.29) is 12.4 Å². The second-order valence-electron chi connectivity index (χ2n) is 5.45. The number of aliphatic imine (C=N–C) groups is 1. The predicted molar refractivity (Wildman–Crippen MR) is 95.7 cm³/mol. The highest BCUT2D eigenvalue weighted by molar-refractivity contribution is 6.36. The van der Waals surface area contributed by atoms with Crippen LogP contribution in [0, 0.1) is 0 Å². The Morgan fingerprint density at radius 3 is 2.64 bits per heavy atom. The number of primary amides is 1. The molecule has 0 aliphatic carbocycles. The molecule has 3 aromatic rings. The van der Waals surface area contributed by atoms with E-state index < -0.39 is 5.91 Å². The summed E-state index contributed by atoms with van der Waals surface area (Å²) < 4.78 is 1.61. The van der Waals surface area contributed by atoms with Gasteiger partial charge >= 0.3 is 0 Å². The molecule has 0 spiro atoms. The highest BCUT2D eigenvalue weighted by Gasteiger charge is 2.25. The van der Waals surface area contributed by atoms with E-state index in [1.807, 2.05) is 18.2 Å². The normalized spacial score (nSPS) is 12.8. The van der Waals surface area contributed by atoms with Gasteiger partial charge in [0.25, 0.3) is 5.91 Å². The van der Waals surface area contributed by atoms with Crippen LogP contribution in [-0.2, 0) is 6.54 Å². The van der Waals surface area contributed by atoms with Crippen LogP contribution >= 0.6 is 23.2 Å². The highest BCUT2D eigenvalue weighted by atomic mass is 35.5. The molecule has 0 radical (unpaired) electrons. The molecular formula is C17H11Cl2N5O. The van der Waals surface area contributed by atoms with E-state index in [2.05, 4.69) is 15.2 Å². The second-order valence-corrected chi connectivity index (χ2v) is 6.29. The molecule has 0 atom stereocenters. The average Bonchev–Trinajstić information content (AvgIpc) is 2.94. The average molecular weight is 372 g/mol. The molecule has 6 nitrogen and oxygen atoms in total. The summed E-state index contributed by atoms with van der Waals surface area (Å²) in [6, 6.07) is 12.7. The minimum atomic E-state index is -0.666. The van der Waals surface area contributed by atoms with E-state index in [4.69, 9.17) is 28.9 Å². The summed E-state index contributed by atoms with van der Waals surface area (Å²) in [6.45, 7) is 0.229. The van der Waals surface area contributed by atoms with Gasteiger partial charge in [0.1, 0.15) is 6.54 Å². The van der Waals surface area contributed by atoms with Crippen molar-refractivity contribution in [3.63, 3.8) is 0 Å². The number of carbonyl (C=O) groups excluding carboxylic acids is 1. The Kier molecular flexibility index (Phi) is 3.78. The molecule has 4 rings (SSSR count). The van der Waals surface area contributed by atoms with Crippen molar-refractivity contribution in [2.45, 2.75) is 6.54 Å². The summed E-state index contributed by atoms with van der Waals surface area (Å²) in [5, 5.41) is 9.04. The summed E-state index contributed by atoms with van der Waals surface area (Å²) in [4.78, 5) is 16.4. The Balaban J connectivity index is 2.03. The van der Waals surface area contributed by atoms with Crippen molar-refractivity contribution < 1.29 is 4.79 Å². The minimum absolute atomic E-state index is 0.0502. The molecule has 1 aromatic heterocycles. The maximum absolute atomic E-state index is 11.7. The lowest BCUT2D eigenvalue weighted by molar-refractivity contribution is 0.0988. The Morgan fingerprint density at radius 1 is 1.08 bits per heavy atom. The maximum Gasteiger partial charge on any atom is 0.287 e. The number of amides is 1. The first-order chi connectivity index (χ1) is 12.1. The predicted octanol–water partition coefficient (Wildman–Crippen LogP) is 3.02. The fraction of sp³-hybridized carbons (Fsp3) is 0.0588. The van der Waals surface area contributed by atoms with Crippen LogP contribution in [0.25, 0.3) is 5.69 Å². The van der Waals surface area contributed by atoms with Gasteiger partial charge in [0.2, 0.25) is 5.82 Å². The van der Waals surface area contributed by atoms with Gasteiger partial charge in [-0.05, 0) is 24.3 Å². The summed E-state index contributed by atoms with van der Waals surface area (Å²) in [7, 11) is 0. The summed E-state index contributed by atoms with van der Waals surface area (Å²) >= 11 is 12.6. The first kappa shape index (κ1) is 15.8. The molecule has 2 N–H and O–H groups in total. The van der Waals surface area contributed by atoms with Gasteiger partial charge in [-0.1, -0.05) is 41.4 Å². The third-order valence-electron chi connectivity index (χ3n) is 3.91. The van der Waals surface area contributed by atoms with Crippen molar-refractivity contribution in [3.05, 3.63) is 75.3 Å². The molecule has 0 saturated heterocycles. The number of fused-ring (bicyclic) bond motifs is 3. The van der Waals surface area contributed by atoms with Gasteiger partial charge in [-0.3, -0.25) is 14.4 Å². The van der Waals surface area contributed by atoms with Crippen molar-refractivity contribution in [2.24, 2.45) is 10.7 Å². The van der Waals surface area contributed by atoms with Crippen molar-refractivity contribution in [2.75, 3.05) is 0 Å². The van der Waals surface area contributed by atoms with E-state index >= 15 is 0 Å². The monoisotopic (exact) mass is 371 g/mol. The van der Waals surface area contributed by atoms with Gasteiger partial charge < -0.3 is 5.73 Å². The molecule has 1 amide bonds. The molecule has 0 fully saturated rings. The van der Waals surface area contributed by atoms with Crippen LogP contribution < -0.4 is 5.73 Å². The van der Waals surface area contributed by atoms with Crippen LogP contribution in [-0.4, -0.2) is 26.4 Å². The molecule has 0 unspecified atom stereocenters. The Morgan fingerprint density at radius 2 is 1.88 bits per heavy atom. The molecule has 25 heavy (non-hydrogen) atoms. The molecule has 124 valence electrons. The standard InChI is InChI=1S/C17H11Cl2N5O/c18-9-5-6-13-11(7-9)15(10-3-1-2-4-12(10)19)21-8-14-22-23-17(16(20)25)24(13)14/h1-7H,8H2,(H2,20,25). The van der Waals surface area contributed by atoms with Gasteiger partial charge in [0.05, 0.1) is 11.4 Å². The summed E-state index contributed by atoms with van der Waals surface area (Å²) in [5.41, 5.74) is 8.28. The van der Waals surface area contributed by atoms with Gasteiger partial charge in [-0.25, -0.2) is 0 Å². The number of nitrogens with zero attached hydrogens (tertiary/aromatic N) is 4. The van der Waals surface area contributed by atoms with Crippen molar-refractivity contribution in [1.29, 1.82) is 0 Å². The first-order valence-electron chi connectivity index (χ1n) is 7.40. The van der Waals surface area contributed by atoms with Crippen molar-refractivity contribution in [3.8, 4) is 5.69 Å². The van der Waals surface area contributed by atoms with E-state index in [9.17, 15) is 4.79 Å². The SMILES string of the molecule is NC(=O)c1nnc2n1-c1ccc(Cl)cc1C(c1ccccc1Cl)=NC2. The highest BCUT2D eigenvalue weighted by Crippen LogP contribution is 2.30. The van der Waals surface area contributed by atoms with Crippen molar-refractivity contribution in [1.82, 2.24) is 14.8 Å². The van der Waals surface area contributed by atoms with Crippen molar-refractivity contribution >= 4 is 34.8 Å². The molecular weight excluding hydrogens is 361 g/mol. The number of rotatable bonds is 2. The number of halogens is 2. The van der Waals surface area contributed by atoms with Gasteiger partial charge in [0, 0.05) is 21.2 Å². The Hall–Kier alpha value is -2.70. The topological polar surface area (TPSA) is 86.2 Å². The third kappa shape index (κ3) is 2.59. The number of benzene rings is 2. The molecule has 1 aliphatic rings. The van der Waals surface area contributed by atoms with E-state index in [0.717, 1.165) is 11.1 Å². The molecule has 0 saturated carbocycles. The van der Waals surface area contributed by atoms with Crippen LogP contribution in [0.2, 0.25) is 10.0 Å². The fourth-order valence-electron chi connectivity index (χ4n) is 2.84. The van der Waals surface area contributed by atoms with Gasteiger partial charge in [-0.2, -0.15) is 0 Å². The Labute approximate surface area is 152 Å². The first-order valence-corrected chi connectivity index (χ1v) is 8.15. The molecule has 1 aliphatic heterocycles. The molecule has 8 heteroatoms. The lowest BCUT2D eigenvalue weighted by Crippen LogP contribution is -2.19. The molecule has 0 bridgehead atoms. The maximum atomic E-state index is 11.7. The van der Waals surface area contributed by atoms with Crippen LogP contribution in [0.4, 0.5) is 0 Å². The Bertz CT molecular complexity index is 1040. The summed E-state index contributed by atoms with van der Waals surface area (Å²) in [6.07, 6.45) is 0. The number of nitrogens with two attached hydrogens (primary N) is 1. The zero-order valence-electron chi connectivity index (χ0n) is 12.8. The minimum Gasteiger partial charge on any atom is -0.363 e. The summed E-state index contributed by atoms with van der Waals surface area (Å²) in [5.74, 6) is -0.102. The fourth-order valence-corrected chi connectivity index (χ4v) is 3.24. The van der Waals surface area contributed by atoms with Gasteiger partial charge in [0.15, 0.2) is 5.82 Å². The quantitative estimate of drug-likeness (QED) is 0.750. The molecule has 2 heterocycles. The number of hydrogen-bond acceptors (Lipinski definition) is 4. The van der Waals surface area contributed by atoms with Gasteiger partial charge in [-0.15, -0.1) is 10.2 Å². The number of hydrogen-bond donors (Lipinski definition) is 1. The second kappa shape index (κ2) is 5.98. The molecule has 2 aromatic carbocycles. The zero-order chi connectivity index (χ0) is 17.6. The smallest absolute Gasteiger partial charge is 0.287 e. The number of aromatic nitrogens is 3.